The number of aliphatic hydroxyl groups excluding tert-OH is 1. The molecular weight excluding hydrogens is 517 g/mol. The first-order valence-corrected chi connectivity index (χ1v) is 11.8. The van der Waals surface area contributed by atoms with E-state index in [0.717, 1.165) is 23.4 Å². The van der Waals surface area contributed by atoms with Crippen molar-refractivity contribution >= 4 is 17.9 Å². The van der Waals surface area contributed by atoms with Gasteiger partial charge < -0.3 is 30.0 Å². The molecule has 2 amide bonds. The summed E-state index contributed by atoms with van der Waals surface area (Å²) in [6, 6.07) is 18.7. The van der Waals surface area contributed by atoms with Crippen molar-refractivity contribution in [3.8, 4) is 17.2 Å². The Kier molecular flexibility index (Phi) is 10.3. The Balaban J connectivity index is 1.65. The van der Waals surface area contributed by atoms with Gasteiger partial charge >= 0.3 is 6.36 Å². The van der Waals surface area contributed by atoms with Crippen LogP contribution in [0.2, 0.25) is 0 Å². The highest BCUT2D eigenvalue weighted by atomic mass is 19.4. The van der Waals surface area contributed by atoms with Crippen molar-refractivity contribution in [3.63, 3.8) is 0 Å². The summed E-state index contributed by atoms with van der Waals surface area (Å²) in [7, 11) is 1.60. The third kappa shape index (κ3) is 9.71. The van der Waals surface area contributed by atoms with Gasteiger partial charge in [0.15, 0.2) is 0 Å². The number of aliphatic hydroxyl groups is 1. The Labute approximate surface area is 223 Å². The molecule has 0 aromatic heterocycles. The Hall–Kier alpha value is -4.51. The summed E-state index contributed by atoms with van der Waals surface area (Å²) in [4.78, 5) is 25.4. The number of halogens is 3. The Morgan fingerprint density at radius 2 is 1.64 bits per heavy atom. The molecule has 3 N–H and O–H groups in total. The number of hydrogen-bond acceptors (Lipinski definition) is 6. The Morgan fingerprint density at radius 1 is 0.949 bits per heavy atom. The van der Waals surface area contributed by atoms with Crippen LogP contribution in [0.15, 0.2) is 78.5 Å². The van der Waals surface area contributed by atoms with Crippen LogP contribution < -0.4 is 24.8 Å². The van der Waals surface area contributed by atoms with Crippen LogP contribution in [0, 0.1) is 0 Å². The molecule has 0 bridgehead atoms. The van der Waals surface area contributed by atoms with Gasteiger partial charge in [-0.1, -0.05) is 24.3 Å². The standard InChI is InChI=1S/C28H27F3N2O6/c1-37-24-4-2-3-19(17-24)13-16-38-22-11-7-21(8-12-22)26(35)33-25(27(36)32-14-15-34)18-20-5-9-23(10-6-20)39-28(29,30)31/h2-12,17-18,34H,13-16H2,1H3,(H,32,36)(H,33,35)/b25-18+. The van der Waals surface area contributed by atoms with E-state index in [2.05, 4.69) is 15.4 Å². The maximum Gasteiger partial charge on any atom is 0.573 e. The fourth-order valence-corrected chi connectivity index (χ4v) is 3.37. The number of carbonyl (C=O) groups excluding carboxylic acids is 2. The van der Waals surface area contributed by atoms with Crippen LogP contribution in [0.5, 0.6) is 17.2 Å². The second kappa shape index (κ2) is 13.9. The maximum absolute atomic E-state index is 12.8. The molecule has 0 fully saturated rings. The largest absolute Gasteiger partial charge is 0.573 e. The van der Waals surface area contributed by atoms with Gasteiger partial charge in [-0.25, -0.2) is 0 Å². The Morgan fingerprint density at radius 3 is 2.28 bits per heavy atom. The summed E-state index contributed by atoms with van der Waals surface area (Å²) in [5.74, 6) is -0.410. The number of benzene rings is 3. The highest BCUT2D eigenvalue weighted by Crippen LogP contribution is 2.23. The van der Waals surface area contributed by atoms with E-state index < -0.39 is 23.9 Å². The third-order valence-electron chi connectivity index (χ3n) is 5.22. The number of hydrogen-bond donors (Lipinski definition) is 3. The molecule has 0 aliphatic heterocycles. The van der Waals surface area contributed by atoms with Gasteiger partial charge in [-0.3, -0.25) is 9.59 Å². The fraction of sp³-hybridized carbons (Fsp3) is 0.214. The average molecular weight is 545 g/mol. The van der Waals surface area contributed by atoms with E-state index in [-0.39, 0.29) is 24.4 Å². The van der Waals surface area contributed by atoms with Crippen molar-refractivity contribution in [2.24, 2.45) is 0 Å². The van der Waals surface area contributed by atoms with Crippen LogP contribution in [0.4, 0.5) is 13.2 Å². The van der Waals surface area contributed by atoms with E-state index in [1.54, 1.807) is 19.2 Å². The highest BCUT2D eigenvalue weighted by Gasteiger charge is 2.31. The lowest BCUT2D eigenvalue weighted by atomic mass is 10.1. The molecule has 0 saturated carbocycles. The second-order valence-corrected chi connectivity index (χ2v) is 8.08. The van der Waals surface area contributed by atoms with Crippen LogP contribution in [0.1, 0.15) is 21.5 Å². The van der Waals surface area contributed by atoms with E-state index >= 15 is 0 Å². The topological polar surface area (TPSA) is 106 Å². The minimum absolute atomic E-state index is 0.0633. The number of rotatable bonds is 12. The number of alkyl halides is 3. The van der Waals surface area contributed by atoms with Crippen molar-refractivity contribution in [1.29, 1.82) is 0 Å². The summed E-state index contributed by atoms with van der Waals surface area (Å²) >= 11 is 0. The van der Waals surface area contributed by atoms with Gasteiger partial charge in [0.05, 0.1) is 20.3 Å². The van der Waals surface area contributed by atoms with Crippen LogP contribution >= 0.6 is 0 Å². The predicted octanol–water partition coefficient (Wildman–Crippen LogP) is 4.09. The first kappa shape index (κ1) is 29.1. The number of nitrogens with one attached hydrogen (secondary N) is 2. The van der Waals surface area contributed by atoms with E-state index in [9.17, 15) is 22.8 Å². The SMILES string of the molecule is COc1cccc(CCOc2ccc(C(=O)N/C(=C/c3ccc(OC(F)(F)F)cc3)C(=O)NCCO)cc2)c1. The zero-order valence-corrected chi connectivity index (χ0v) is 21.0. The molecule has 0 heterocycles. The second-order valence-electron chi connectivity index (χ2n) is 8.08. The molecule has 8 nitrogen and oxygen atoms in total. The molecule has 0 aliphatic rings. The lowest BCUT2D eigenvalue weighted by Crippen LogP contribution is -2.36. The van der Waals surface area contributed by atoms with Gasteiger partial charge in [0.2, 0.25) is 0 Å². The van der Waals surface area contributed by atoms with Gasteiger partial charge in [0.1, 0.15) is 22.9 Å². The monoisotopic (exact) mass is 544 g/mol. The molecule has 11 heteroatoms. The zero-order chi connectivity index (χ0) is 28.3. The van der Waals surface area contributed by atoms with Crippen LogP contribution in [-0.2, 0) is 11.2 Å². The molecule has 0 spiro atoms. The molecular formula is C28H27F3N2O6. The number of ether oxygens (including phenoxy) is 3. The van der Waals surface area contributed by atoms with Crippen molar-refractivity contribution in [2.75, 3.05) is 26.9 Å². The number of carbonyl (C=O) groups is 2. The lowest BCUT2D eigenvalue weighted by molar-refractivity contribution is -0.274. The van der Waals surface area contributed by atoms with Gasteiger partial charge in [-0.05, 0) is 65.7 Å². The van der Waals surface area contributed by atoms with Crippen molar-refractivity contribution in [1.82, 2.24) is 10.6 Å². The highest BCUT2D eigenvalue weighted by molar-refractivity contribution is 6.05. The summed E-state index contributed by atoms with van der Waals surface area (Å²) in [6.45, 7) is 0.0192. The molecule has 3 aromatic rings. The van der Waals surface area contributed by atoms with E-state index in [1.165, 1.54) is 30.3 Å². The molecule has 0 unspecified atom stereocenters. The smallest absolute Gasteiger partial charge is 0.497 e. The van der Waals surface area contributed by atoms with Crippen molar-refractivity contribution < 1.29 is 42.1 Å². The summed E-state index contributed by atoms with van der Waals surface area (Å²) in [6.07, 6.45) is -2.89. The molecule has 39 heavy (non-hydrogen) atoms. The summed E-state index contributed by atoms with van der Waals surface area (Å²) in [5.41, 5.74) is 1.45. The average Bonchev–Trinajstić information content (AvgIpc) is 2.92. The van der Waals surface area contributed by atoms with Gasteiger partial charge in [0.25, 0.3) is 11.8 Å². The molecule has 3 aromatic carbocycles. The maximum atomic E-state index is 12.8. The summed E-state index contributed by atoms with van der Waals surface area (Å²) < 4.78 is 52.0. The molecule has 0 aliphatic carbocycles. The Bertz CT molecular complexity index is 1280. The first-order valence-electron chi connectivity index (χ1n) is 11.8. The van der Waals surface area contributed by atoms with E-state index in [4.69, 9.17) is 14.6 Å². The van der Waals surface area contributed by atoms with E-state index in [0.29, 0.717) is 24.3 Å². The molecule has 3 rings (SSSR count). The minimum atomic E-state index is -4.84. The molecule has 0 atom stereocenters. The molecule has 206 valence electrons. The minimum Gasteiger partial charge on any atom is -0.497 e. The van der Waals surface area contributed by atoms with Gasteiger partial charge in [-0.2, -0.15) is 0 Å². The van der Waals surface area contributed by atoms with Gasteiger partial charge in [-0.15, -0.1) is 13.2 Å². The molecule has 0 saturated heterocycles. The fourth-order valence-electron chi connectivity index (χ4n) is 3.37. The first-order chi connectivity index (χ1) is 18.7. The zero-order valence-electron chi connectivity index (χ0n) is 21.0. The predicted molar refractivity (Wildman–Crippen MR) is 137 cm³/mol. The van der Waals surface area contributed by atoms with Gasteiger partial charge in [0, 0.05) is 18.5 Å². The quantitative estimate of drug-likeness (QED) is 0.297. The van der Waals surface area contributed by atoms with Crippen molar-refractivity contribution in [2.45, 2.75) is 12.8 Å². The third-order valence-corrected chi connectivity index (χ3v) is 5.22. The summed E-state index contributed by atoms with van der Waals surface area (Å²) in [5, 5.41) is 13.9. The number of methoxy groups -OCH3 is 1. The van der Waals surface area contributed by atoms with Crippen LogP contribution in [0.25, 0.3) is 6.08 Å². The number of amides is 2. The lowest BCUT2D eigenvalue weighted by Gasteiger charge is -2.12. The van der Waals surface area contributed by atoms with E-state index in [1.807, 2.05) is 24.3 Å². The molecule has 0 radical (unpaired) electrons. The normalized spacial score (nSPS) is 11.5. The van der Waals surface area contributed by atoms with Crippen LogP contribution in [-0.4, -0.2) is 50.2 Å². The van der Waals surface area contributed by atoms with Crippen LogP contribution in [0.3, 0.4) is 0 Å². The van der Waals surface area contributed by atoms with Crippen molar-refractivity contribution in [3.05, 3.63) is 95.2 Å².